The van der Waals surface area contributed by atoms with Crippen molar-refractivity contribution in [3.63, 3.8) is 0 Å². The quantitative estimate of drug-likeness (QED) is 0.539. The molecule has 0 saturated heterocycles. The maximum atomic E-state index is 13.4. The van der Waals surface area contributed by atoms with Gasteiger partial charge in [-0.3, -0.25) is 0 Å². The number of amides is 2. The summed E-state index contributed by atoms with van der Waals surface area (Å²) in [5.74, 6) is 0. The molecule has 5 rings (SSSR count). The molecule has 1 aliphatic heterocycles. The maximum absolute atomic E-state index is 13.4. The first-order valence-electron chi connectivity index (χ1n) is 10.6. The minimum Gasteiger partial charge on any atom is -0.312 e. The first kappa shape index (κ1) is 18.5. The summed E-state index contributed by atoms with van der Waals surface area (Å²) in [7, 11) is 0. The molecule has 0 saturated carbocycles. The second-order valence-corrected chi connectivity index (χ2v) is 9.23. The van der Waals surface area contributed by atoms with Gasteiger partial charge in [-0.05, 0) is 68.9 Å². The van der Waals surface area contributed by atoms with E-state index in [0.717, 1.165) is 18.5 Å². The molecule has 5 heteroatoms. The van der Waals surface area contributed by atoms with Gasteiger partial charge in [0, 0.05) is 28.0 Å². The summed E-state index contributed by atoms with van der Waals surface area (Å²) in [6, 6.07) is 12.4. The highest BCUT2D eigenvalue weighted by molar-refractivity contribution is 7.15. The van der Waals surface area contributed by atoms with Gasteiger partial charge in [-0.25, -0.2) is 4.79 Å². The molecule has 29 heavy (non-hydrogen) atoms. The Balaban J connectivity index is 1.56. The van der Waals surface area contributed by atoms with Crippen molar-refractivity contribution in [3.8, 4) is 5.00 Å². The van der Waals surface area contributed by atoms with E-state index in [2.05, 4.69) is 42.1 Å². The highest BCUT2D eigenvalue weighted by Crippen LogP contribution is 2.43. The van der Waals surface area contributed by atoms with E-state index < -0.39 is 0 Å². The van der Waals surface area contributed by atoms with E-state index in [0.29, 0.717) is 6.54 Å². The van der Waals surface area contributed by atoms with E-state index >= 15 is 0 Å². The van der Waals surface area contributed by atoms with Gasteiger partial charge in [0.15, 0.2) is 0 Å². The molecule has 4 nitrogen and oxygen atoms in total. The lowest BCUT2D eigenvalue weighted by atomic mass is 9.95. The maximum Gasteiger partial charge on any atom is 0.322 e. The molecule has 2 aliphatic rings. The fourth-order valence-electron chi connectivity index (χ4n) is 4.74. The Hall–Kier alpha value is -2.53. The summed E-state index contributed by atoms with van der Waals surface area (Å²) < 4.78 is 2.34. The molecule has 2 amide bonds. The number of aromatic nitrogens is 1. The van der Waals surface area contributed by atoms with Crippen molar-refractivity contribution in [2.24, 2.45) is 0 Å². The van der Waals surface area contributed by atoms with Crippen molar-refractivity contribution < 1.29 is 4.79 Å². The van der Waals surface area contributed by atoms with E-state index in [4.69, 9.17) is 0 Å². The fraction of sp³-hybridized carbons (Fsp3) is 0.375. The highest BCUT2D eigenvalue weighted by atomic mass is 32.1. The third kappa shape index (κ3) is 3.18. The lowest BCUT2D eigenvalue weighted by Crippen LogP contribution is -2.37. The molecule has 0 unspecified atom stereocenters. The molecule has 1 aromatic carbocycles. The van der Waals surface area contributed by atoms with Crippen LogP contribution in [0.25, 0.3) is 5.00 Å². The standard InChI is InChI=1S/C24H27N3OS/c1-3-20-21-8-6-14-26(21)23-19(18-7-4-5-9-22(18)29-23)15-27(20)24(28)25-17-12-10-16(2)11-13-17/h6,8,10-14,20H,3-5,7,9,15H2,1-2H3,(H,25,28)/t20-/m0/s1. The van der Waals surface area contributed by atoms with Gasteiger partial charge in [0.25, 0.3) is 0 Å². The molecule has 0 spiro atoms. The number of hydrogen-bond donors (Lipinski definition) is 1. The van der Waals surface area contributed by atoms with Crippen LogP contribution in [-0.2, 0) is 19.4 Å². The van der Waals surface area contributed by atoms with Gasteiger partial charge in [0.2, 0.25) is 0 Å². The van der Waals surface area contributed by atoms with E-state index in [1.807, 2.05) is 40.5 Å². The van der Waals surface area contributed by atoms with Gasteiger partial charge in [-0.2, -0.15) is 0 Å². The smallest absolute Gasteiger partial charge is 0.312 e. The summed E-state index contributed by atoms with van der Waals surface area (Å²) in [5, 5.41) is 4.46. The predicted molar refractivity (Wildman–Crippen MR) is 119 cm³/mol. The Kier molecular flexibility index (Phi) is 4.70. The number of nitrogens with zero attached hydrogens (tertiary/aromatic N) is 2. The van der Waals surface area contributed by atoms with Crippen LogP contribution in [0.1, 0.15) is 59.5 Å². The largest absolute Gasteiger partial charge is 0.322 e. The van der Waals surface area contributed by atoms with Gasteiger partial charge in [-0.1, -0.05) is 24.6 Å². The number of urea groups is 1. The topological polar surface area (TPSA) is 37.3 Å². The van der Waals surface area contributed by atoms with Crippen LogP contribution in [-0.4, -0.2) is 15.5 Å². The molecule has 3 heterocycles. The van der Waals surface area contributed by atoms with Crippen LogP contribution in [0.3, 0.4) is 0 Å². The zero-order valence-corrected chi connectivity index (χ0v) is 17.9. The fourth-order valence-corrected chi connectivity index (χ4v) is 6.14. The average molecular weight is 406 g/mol. The van der Waals surface area contributed by atoms with Gasteiger partial charge >= 0.3 is 6.03 Å². The normalized spacial score (nSPS) is 17.9. The number of benzene rings is 1. The van der Waals surface area contributed by atoms with Gasteiger partial charge in [0.1, 0.15) is 5.00 Å². The van der Waals surface area contributed by atoms with Gasteiger partial charge in [0.05, 0.1) is 12.6 Å². The molecule has 1 atom stereocenters. The number of carbonyl (C=O) groups excluding carboxylic acids is 1. The molecule has 0 radical (unpaired) electrons. The molecular formula is C24H27N3OS. The first-order chi connectivity index (χ1) is 14.2. The summed E-state index contributed by atoms with van der Waals surface area (Å²) >= 11 is 1.93. The molecule has 3 aromatic rings. The Morgan fingerprint density at radius 3 is 2.72 bits per heavy atom. The van der Waals surface area contributed by atoms with Crippen LogP contribution in [0, 0.1) is 6.92 Å². The van der Waals surface area contributed by atoms with Crippen molar-refractivity contribution in [2.75, 3.05) is 5.32 Å². The lowest BCUT2D eigenvalue weighted by Gasteiger charge is -2.30. The average Bonchev–Trinajstić information content (AvgIpc) is 3.32. The summed E-state index contributed by atoms with van der Waals surface area (Å²) in [4.78, 5) is 17.0. The number of anilines is 1. The molecule has 1 aliphatic carbocycles. The highest BCUT2D eigenvalue weighted by Gasteiger charge is 2.34. The molecule has 0 bridgehead atoms. The van der Waals surface area contributed by atoms with Crippen molar-refractivity contribution in [1.82, 2.24) is 9.47 Å². The summed E-state index contributed by atoms with van der Waals surface area (Å²) in [6.07, 6.45) is 7.91. The minimum absolute atomic E-state index is 0.0166. The van der Waals surface area contributed by atoms with Gasteiger partial charge < -0.3 is 14.8 Å². The van der Waals surface area contributed by atoms with Crippen LogP contribution < -0.4 is 5.32 Å². The zero-order valence-electron chi connectivity index (χ0n) is 17.1. The van der Waals surface area contributed by atoms with Crippen LogP contribution in [0.2, 0.25) is 0 Å². The van der Waals surface area contributed by atoms with Crippen molar-refractivity contribution in [3.05, 3.63) is 69.9 Å². The molecule has 2 aromatic heterocycles. The van der Waals surface area contributed by atoms with E-state index in [1.54, 1.807) is 0 Å². The Labute approximate surface area is 176 Å². The Morgan fingerprint density at radius 1 is 1.14 bits per heavy atom. The number of hydrogen-bond acceptors (Lipinski definition) is 2. The Morgan fingerprint density at radius 2 is 1.93 bits per heavy atom. The van der Waals surface area contributed by atoms with E-state index in [-0.39, 0.29) is 12.1 Å². The number of aryl methyl sites for hydroxylation is 2. The van der Waals surface area contributed by atoms with Crippen LogP contribution in [0.5, 0.6) is 0 Å². The second kappa shape index (κ2) is 7.38. The van der Waals surface area contributed by atoms with Crippen molar-refractivity contribution in [1.29, 1.82) is 0 Å². The van der Waals surface area contributed by atoms with Crippen LogP contribution >= 0.6 is 11.3 Å². The Bertz CT molecular complexity index is 1050. The van der Waals surface area contributed by atoms with E-state index in [9.17, 15) is 4.79 Å². The number of carbonyl (C=O) groups is 1. The molecule has 0 fully saturated rings. The SMILES string of the molecule is CC[C@H]1c2cccn2-c2sc3c(c2CN1C(=O)Nc1ccc(C)cc1)CCCC3. The molecular weight excluding hydrogens is 378 g/mol. The first-order valence-corrected chi connectivity index (χ1v) is 11.4. The van der Waals surface area contributed by atoms with E-state index in [1.165, 1.54) is 51.5 Å². The second-order valence-electron chi connectivity index (χ2n) is 8.15. The van der Waals surface area contributed by atoms with Gasteiger partial charge in [-0.15, -0.1) is 11.3 Å². The third-order valence-corrected chi connectivity index (χ3v) is 7.59. The number of rotatable bonds is 2. The van der Waals surface area contributed by atoms with Crippen molar-refractivity contribution >= 4 is 23.1 Å². The zero-order chi connectivity index (χ0) is 20.0. The van der Waals surface area contributed by atoms with Crippen LogP contribution in [0.15, 0.2) is 42.6 Å². The number of thiophene rings is 1. The summed E-state index contributed by atoms with van der Waals surface area (Å²) in [6.45, 7) is 4.91. The van der Waals surface area contributed by atoms with Crippen LogP contribution in [0.4, 0.5) is 10.5 Å². The molecule has 1 N–H and O–H groups in total. The number of fused-ring (bicyclic) bond motifs is 5. The third-order valence-electron chi connectivity index (χ3n) is 6.26. The predicted octanol–water partition coefficient (Wildman–Crippen LogP) is 6.22. The minimum atomic E-state index is -0.0166. The lowest BCUT2D eigenvalue weighted by molar-refractivity contribution is 0.181. The summed E-state index contributed by atoms with van der Waals surface area (Å²) in [5.41, 5.74) is 6.11. The number of nitrogens with one attached hydrogen (secondary N) is 1. The monoisotopic (exact) mass is 405 g/mol. The van der Waals surface area contributed by atoms with Crippen molar-refractivity contribution in [2.45, 2.75) is 58.5 Å². The molecule has 150 valence electrons.